The van der Waals surface area contributed by atoms with Gasteiger partial charge in [-0.05, 0) is 35.6 Å². The minimum atomic E-state index is 0.817. The number of fused-ring (bicyclic) bond motifs is 2. The summed E-state index contributed by atoms with van der Waals surface area (Å²) in [7, 11) is 0. The molecule has 0 atom stereocenters. The van der Waals surface area contributed by atoms with Crippen LogP contribution in [0.15, 0.2) is 29.1 Å². The molecule has 5 heteroatoms. The summed E-state index contributed by atoms with van der Waals surface area (Å²) in [5.74, 6) is 0. The first-order valence-corrected chi connectivity index (χ1v) is 8.01. The number of nitrogens with two attached hydrogens (primary N) is 1. The van der Waals surface area contributed by atoms with Gasteiger partial charge in [0.2, 0.25) is 0 Å². The molecule has 0 unspecified atom stereocenters. The first-order chi connectivity index (χ1) is 9.33. The predicted octanol–water partition coefficient (Wildman–Crippen LogP) is 3.50. The number of nitrogen functional groups attached to an aromatic ring is 1. The van der Waals surface area contributed by atoms with Crippen LogP contribution in [0.4, 0.5) is 11.4 Å². The van der Waals surface area contributed by atoms with E-state index in [1.54, 1.807) is 11.3 Å². The maximum atomic E-state index is 6.29. The maximum absolute atomic E-state index is 6.29. The summed E-state index contributed by atoms with van der Waals surface area (Å²) in [4.78, 5) is 8.26. The average molecular weight is 287 g/mol. The summed E-state index contributed by atoms with van der Waals surface area (Å²) in [6, 6.07) is 6.48. The summed E-state index contributed by atoms with van der Waals surface area (Å²) in [5, 5.41) is 2.18. The van der Waals surface area contributed by atoms with Crippen LogP contribution in [0, 0.1) is 0 Å². The van der Waals surface area contributed by atoms with E-state index in [9.17, 15) is 0 Å². The van der Waals surface area contributed by atoms with E-state index in [0.717, 1.165) is 41.1 Å². The number of benzene rings is 1. The van der Waals surface area contributed by atoms with Crippen molar-refractivity contribution in [2.75, 3.05) is 17.2 Å². The van der Waals surface area contributed by atoms with Crippen LogP contribution >= 0.6 is 22.7 Å². The molecule has 3 heterocycles. The van der Waals surface area contributed by atoms with Crippen molar-refractivity contribution >= 4 is 44.3 Å². The maximum Gasteiger partial charge on any atom is 0.106 e. The SMILES string of the molecule is Nc1c(N2CCc3sccc3C2)ccc2scnc12. The van der Waals surface area contributed by atoms with Crippen LogP contribution in [0.25, 0.3) is 10.2 Å². The second-order valence-corrected chi connectivity index (χ2v) is 6.63. The Kier molecular flexibility index (Phi) is 2.50. The minimum absolute atomic E-state index is 0.817. The number of hydrogen-bond acceptors (Lipinski definition) is 5. The molecule has 3 aromatic rings. The Balaban J connectivity index is 1.77. The molecule has 1 aliphatic rings. The monoisotopic (exact) mass is 287 g/mol. The van der Waals surface area contributed by atoms with E-state index < -0.39 is 0 Å². The van der Waals surface area contributed by atoms with Crippen LogP contribution in [-0.4, -0.2) is 11.5 Å². The fourth-order valence-corrected chi connectivity index (χ4v) is 4.25. The molecule has 4 rings (SSSR count). The van der Waals surface area contributed by atoms with Crippen molar-refractivity contribution < 1.29 is 0 Å². The Labute approximate surface area is 119 Å². The number of thiophene rings is 1. The predicted molar refractivity (Wildman–Crippen MR) is 83.1 cm³/mol. The number of hydrogen-bond donors (Lipinski definition) is 1. The van der Waals surface area contributed by atoms with Gasteiger partial charge < -0.3 is 10.6 Å². The fraction of sp³-hybridized carbons (Fsp3) is 0.214. The van der Waals surface area contributed by atoms with Crippen LogP contribution in [0.1, 0.15) is 10.4 Å². The van der Waals surface area contributed by atoms with Crippen molar-refractivity contribution in [1.29, 1.82) is 0 Å². The first kappa shape index (κ1) is 11.3. The third-order valence-electron chi connectivity index (χ3n) is 3.67. The summed E-state index contributed by atoms with van der Waals surface area (Å²) >= 11 is 3.50. The number of thiazole rings is 1. The Morgan fingerprint density at radius 1 is 1.21 bits per heavy atom. The van der Waals surface area contributed by atoms with Crippen LogP contribution in [-0.2, 0) is 13.0 Å². The molecule has 0 amide bonds. The molecule has 2 N–H and O–H groups in total. The second-order valence-electron chi connectivity index (χ2n) is 4.74. The van der Waals surface area contributed by atoms with Crippen LogP contribution in [0.5, 0.6) is 0 Å². The standard InChI is InChI=1S/C14H13N3S2/c15-13-10(1-2-12-14(13)16-8-19-12)17-5-3-11-9(7-17)4-6-18-11/h1-2,4,6,8H,3,5,7,15H2. The summed E-state index contributed by atoms with van der Waals surface area (Å²) in [6.45, 7) is 1.99. The van der Waals surface area contributed by atoms with Gasteiger partial charge in [0.15, 0.2) is 0 Å². The van der Waals surface area contributed by atoms with Crippen LogP contribution in [0.2, 0.25) is 0 Å². The molecule has 0 spiro atoms. The zero-order valence-corrected chi connectivity index (χ0v) is 11.9. The molecule has 1 aliphatic heterocycles. The summed E-state index contributed by atoms with van der Waals surface area (Å²) in [5.41, 5.74) is 12.5. The topological polar surface area (TPSA) is 42.1 Å². The van der Waals surface area contributed by atoms with E-state index in [4.69, 9.17) is 5.73 Å². The van der Waals surface area contributed by atoms with Crippen molar-refractivity contribution in [2.45, 2.75) is 13.0 Å². The van der Waals surface area contributed by atoms with Crippen LogP contribution < -0.4 is 10.6 Å². The van der Waals surface area contributed by atoms with Gasteiger partial charge >= 0.3 is 0 Å². The van der Waals surface area contributed by atoms with Gasteiger partial charge in [0, 0.05) is 18.0 Å². The largest absolute Gasteiger partial charge is 0.395 e. The van der Waals surface area contributed by atoms with E-state index in [0.29, 0.717) is 0 Å². The first-order valence-electron chi connectivity index (χ1n) is 6.25. The van der Waals surface area contributed by atoms with E-state index in [-0.39, 0.29) is 0 Å². The highest BCUT2D eigenvalue weighted by Crippen LogP contribution is 2.35. The van der Waals surface area contributed by atoms with Gasteiger partial charge in [-0.25, -0.2) is 4.98 Å². The molecule has 3 nitrogen and oxygen atoms in total. The quantitative estimate of drug-likeness (QED) is 0.697. The molecule has 0 saturated carbocycles. The third kappa shape index (κ3) is 1.73. The zero-order valence-electron chi connectivity index (χ0n) is 10.3. The van der Waals surface area contributed by atoms with Gasteiger partial charge in [0.1, 0.15) is 5.52 Å². The Morgan fingerprint density at radius 3 is 3.11 bits per heavy atom. The van der Waals surface area contributed by atoms with Crippen molar-refractivity contribution in [3.63, 3.8) is 0 Å². The van der Waals surface area contributed by atoms with Crippen molar-refractivity contribution in [1.82, 2.24) is 4.98 Å². The molecule has 2 aromatic heterocycles. The highest BCUT2D eigenvalue weighted by molar-refractivity contribution is 7.16. The van der Waals surface area contributed by atoms with E-state index in [1.807, 2.05) is 16.8 Å². The summed E-state index contributed by atoms with van der Waals surface area (Å²) < 4.78 is 1.16. The molecule has 19 heavy (non-hydrogen) atoms. The highest BCUT2D eigenvalue weighted by atomic mass is 32.1. The molecule has 96 valence electrons. The Morgan fingerprint density at radius 2 is 2.16 bits per heavy atom. The molecule has 0 aliphatic carbocycles. The van der Waals surface area contributed by atoms with Gasteiger partial charge in [0.25, 0.3) is 0 Å². The molecular weight excluding hydrogens is 274 g/mol. The van der Waals surface area contributed by atoms with Crippen LogP contribution in [0.3, 0.4) is 0 Å². The number of anilines is 2. The molecule has 0 radical (unpaired) electrons. The number of rotatable bonds is 1. The lowest BCUT2D eigenvalue weighted by Crippen LogP contribution is -2.30. The zero-order chi connectivity index (χ0) is 12.8. The molecule has 0 bridgehead atoms. The van der Waals surface area contributed by atoms with Gasteiger partial charge in [0.05, 0.1) is 21.6 Å². The highest BCUT2D eigenvalue weighted by Gasteiger charge is 2.20. The van der Waals surface area contributed by atoms with Crippen molar-refractivity contribution in [2.24, 2.45) is 0 Å². The van der Waals surface area contributed by atoms with Gasteiger partial charge in [-0.15, -0.1) is 22.7 Å². The molecule has 0 saturated heterocycles. The third-order valence-corrected chi connectivity index (χ3v) is 5.48. The van der Waals surface area contributed by atoms with E-state index in [2.05, 4.69) is 33.5 Å². The van der Waals surface area contributed by atoms with Gasteiger partial charge in [-0.1, -0.05) is 0 Å². The lowest BCUT2D eigenvalue weighted by Gasteiger charge is -2.30. The number of nitrogens with zero attached hydrogens (tertiary/aromatic N) is 2. The summed E-state index contributed by atoms with van der Waals surface area (Å²) in [6.07, 6.45) is 1.11. The van der Waals surface area contributed by atoms with Crippen molar-refractivity contribution in [3.8, 4) is 0 Å². The lowest BCUT2D eigenvalue weighted by atomic mass is 10.1. The van der Waals surface area contributed by atoms with Crippen molar-refractivity contribution in [3.05, 3.63) is 39.5 Å². The molecule has 0 fully saturated rings. The van der Waals surface area contributed by atoms with E-state index >= 15 is 0 Å². The molecule has 1 aromatic carbocycles. The molecular formula is C14H13N3S2. The fourth-order valence-electron chi connectivity index (χ4n) is 2.67. The smallest absolute Gasteiger partial charge is 0.106 e. The number of aromatic nitrogens is 1. The van der Waals surface area contributed by atoms with Gasteiger partial charge in [-0.3, -0.25) is 0 Å². The average Bonchev–Trinajstić information content (AvgIpc) is 3.07. The van der Waals surface area contributed by atoms with Gasteiger partial charge in [-0.2, -0.15) is 0 Å². The minimum Gasteiger partial charge on any atom is -0.395 e. The normalized spacial score (nSPS) is 14.8. The Bertz CT molecular complexity index is 744. The van der Waals surface area contributed by atoms with E-state index in [1.165, 1.54) is 10.4 Å². The second kappa shape index (κ2) is 4.21. The Hall–Kier alpha value is -1.59. The lowest BCUT2D eigenvalue weighted by molar-refractivity contribution is 0.745.